The van der Waals surface area contributed by atoms with E-state index in [0.29, 0.717) is 52.9 Å². The highest BCUT2D eigenvalue weighted by atomic mass is 28.4. The van der Waals surface area contributed by atoms with Crippen molar-refractivity contribution in [2.75, 3.05) is 52.9 Å². The van der Waals surface area contributed by atoms with Gasteiger partial charge in [0.05, 0.1) is 13.2 Å². The van der Waals surface area contributed by atoms with E-state index in [2.05, 4.69) is 0 Å². The van der Waals surface area contributed by atoms with Gasteiger partial charge in [-0.3, -0.25) is 0 Å². The molecule has 0 fully saturated rings. The summed E-state index contributed by atoms with van der Waals surface area (Å²) < 4.78 is 45.3. The molecule has 0 radical (unpaired) electrons. The highest BCUT2D eigenvalue weighted by Crippen LogP contribution is 2.13. The summed E-state index contributed by atoms with van der Waals surface area (Å²) in [5, 5.41) is 0. The topological polar surface area (TPSA) is 73.8 Å². The minimum absolute atomic E-state index is 0.326. The molecule has 28 heavy (non-hydrogen) atoms. The number of allylic oxidation sites excluding steroid dienone is 2. The Hall–Kier alpha value is -0.406. The van der Waals surface area contributed by atoms with Gasteiger partial charge in [0, 0.05) is 39.6 Å². The fraction of sp³-hybridized carbons (Fsp3) is 0.778. The van der Waals surface area contributed by atoms with Crippen molar-refractivity contribution >= 4 is 18.1 Å². The van der Waals surface area contributed by atoms with Gasteiger partial charge in [-0.15, -0.1) is 0 Å². The lowest BCUT2D eigenvalue weighted by molar-refractivity contribution is -0.0226. The van der Waals surface area contributed by atoms with Crippen LogP contribution in [0.5, 0.6) is 0 Å². The highest BCUT2D eigenvalue weighted by molar-refractivity contribution is 6.53. The van der Waals surface area contributed by atoms with Crippen LogP contribution in [-0.4, -0.2) is 71.0 Å². The quantitative estimate of drug-likeness (QED) is 0.225. The molecule has 0 aromatic heterocycles. The van der Waals surface area contributed by atoms with Gasteiger partial charge in [-0.2, -0.15) is 0 Å². The van der Waals surface area contributed by atoms with E-state index in [-0.39, 0.29) is 0 Å². The molecule has 0 heterocycles. The molecule has 0 saturated heterocycles. The van der Waals surface area contributed by atoms with Gasteiger partial charge in [-0.05, 0) is 41.5 Å². The Morgan fingerprint density at radius 1 is 0.429 bits per heavy atom. The zero-order valence-electron chi connectivity index (χ0n) is 18.2. The maximum absolute atomic E-state index is 5.77. The average molecular weight is 439 g/mol. The number of hydrogen-bond acceptors (Lipinski definition) is 8. The van der Waals surface area contributed by atoms with Crippen LogP contribution in [0.2, 0.25) is 0 Å². The Morgan fingerprint density at radius 2 is 0.679 bits per heavy atom. The fourth-order valence-corrected chi connectivity index (χ4v) is 5.85. The summed E-state index contributed by atoms with van der Waals surface area (Å²) in [5.74, 6) is 0. The molecule has 0 rings (SSSR count). The minimum Gasteiger partial charge on any atom is -0.351 e. The van der Waals surface area contributed by atoms with Crippen molar-refractivity contribution in [2.24, 2.45) is 0 Å². The van der Waals surface area contributed by atoms with Crippen LogP contribution in [0, 0.1) is 0 Å². The van der Waals surface area contributed by atoms with E-state index in [1.165, 1.54) is 0 Å². The molecule has 0 saturated carbocycles. The van der Waals surface area contributed by atoms with Crippen LogP contribution in [0.25, 0.3) is 0 Å². The van der Waals surface area contributed by atoms with E-state index in [4.69, 9.17) is 35.4 Å². The van der Waals surface area contributed by atoms with Crippen LogP contribution >= 0.6 is 0 Å². The van der Waals surface area contributed by atoms with E-state index in [9.17, 15) is 0 Å². The second kappa shape index (κ2) is 17.5. The standard InChI is InChI=1S/C18H38O8Si2/c1-7-19-27(20-8-2,21-9-3)25-17-15-13-14-16-18-26-28(22-10-4,23-11-5)24-12-6/h13-16H,7-12,17-18H2,1-6H3/b15-13+,16-14+. The summed E-state index contributed by atoms with van der Waals surface area (Å²) >= 11 is 0. The summed E-state index contributed by atoms with van der Waals surface area (Å²) in [5.41, 5.74) is 0. The first-order valence-electron chi connectivity index (χ1n) is 10.0. The van der Waals surface area contributed by atoms with Crippen molar-refractivity contribution in [1.82, 2.24) is 0 Å². The molecule has 0 aliphatic carbocycles. The molecule has 8 nitrogen and oxygen atoms in total. The molecule has 0 aliphatic rings. The molecule has 0 aromatic carbocycles. The van der Waals surface area contributed by atoms with Crippen LogP contribution in [0.1, 0.15) is 41.5 Å². The minimum atomic E-state index is -3.07. The monoisotopic (exact) mass is 438 g/mol. The molecule has 0 bridgehead atoms. The van der Waals surface area contributed by atoms with E-state index in [0.717, 1.165) is 0 Å². The molecule has 0 spiro atoms. The Morgan fingerprint density at radius 3 is 0.893 bits per heavy atom. The summed E-state index contributed by atoms with van der Waals surface area (Å²) in [4.78, 5) is 0. The Bertz CT molecular complexity index is 348. The largest absolute Gasteiger partial charge is 0.679 e. The van der Waals surface area contributed by atoms with E-state index >= 15 is 0 Å². The molecule has 0 unspecified atom stereocenters. The zero-order valence-corrected chi connectivity index (χ0v) is 20.2. The summed E-state index contributed by atoms with van der Waals surface area (Å²) in [6.07, 6.45) is 7.43. The fourth-order valence-electron chi connectivity index (χ4n) is 2.13. The Kier molecular flexibility index (Phi) is 17.2. The molecule has 0 aromatic rings. The number of rotatable bonds is 19. The smallest absolute Gasteiger partial charge is 0.351 e. The van der Waals surface area contributed by atoms with E-state index in [1.807, 2.05) is 65.8 Å². The van der Waals surface area contributed by atoms with Crippen LogP contribution < -0.4 is 0 Å². The van der Waals surface area contributed by atoms with Gasteiger partial charge in [-0.1, -0.05) is 24.3 Å². The molecular weight excluding hydrogens is 400 g/mol. The maximum atomic E-state index is 5.77. The third-order valence-electron chi connectivity index (χ3n) is 3.02. The maximum Gasteiger partial charge on any atom is 0.679 e. The average Bonchev–Trinajstić information content (AvgIpc) is 2.65. The lowest BCUT2D eigenvalue weighted by Crippen LogP contribution is -2.49. The van der Waals surface area contributed by atoms with Gasteiger partial charge in [0.25, 0.3) is 0 Å². The lowest BCUT2D eigenvalue weighted by atomic mass is 10.4. The Labute approximate surface area is 172 Å². The van der Waals surface area contributed by atoms with Crippen molar-refractivity contribution in [1.29, 1.82) is 0 Å². The lowest BCUT2D eigenvalue weighted by Gasteiger charge is -2.26. The van der Waals surface area contributed by atoms with Gasteiger partial charge in [0.2, 0.25) is 0 Å². The van der Waals surface area contributed by atoms with Crippen molar-refractivity contribution in [3.8, 4) is 0 Å². The summed E-state index contributed by atoms with van der Waals surface area (Å²) in [6, 6.07) is 0. The molecule has 166 valence electrons. The van der Waals surface area contributed by atoms with Gasteiger partial charge in [-0.25, -0.2) is 0 Å². The molecular formula is C18H38O8Si2. The molecule has 0 aliphatic heterocycles. The first-order valence-corrected chi connectivity index (χ1v) is 13.3. The SMILES string of the molecule is CCO[Si](OCC)(OCC)OC/C=C/C=C/CO[Si](OCC)(OCC)OCC. The normalized spacial score (nSPS) is 13.2. The third kappa shape index (κ3) is 11.6. The first-order chi connectivity index (χ1) is 13.6. The third-order valence-corrected chi connectivity index (χ3v) is 7.92. The predicted molar refractivity (Wildman–Crippen MR) is 111 cm³/mol. The van der Waals surface area contributed by atoms with Gasteiger partial charge in [0.1, 0.15) is 0 Å². The predicted octanol–water partition coefficient (Wildman–Crippen LogP) is 3.22. The van der Waals surface area contributed by atoms with Gasteiger partial charge < -0.3 is 35.4 Å². The highest BCUT2D eigenvalue weighted by Gasteiger charge is 2.45. The molecule has 0 amide bonds. The zero-order chi connectivity index (χ0) is 21.1. The van der Waals surface area contributed by atoms with Crippen molar-refractivity contribution in [3.63, 3.8) is 0 Å². The second-order valence-electron chi connectivity index (χ2n) is 5.08. The van der Waals surface area contributed by atoms with Crippen LogP contribution in [0.3, 0.4) is 0 Å². The molecule has 0 atom stereocenters. The van der Waals surface area contributed by atoms with Gasteiger partial charge in [0.15, 0.2) is 0 Å². The molecule has 0 N–H and O–H groups in total. The van der Waals surface area contributed by atoms with Crippen molar-refractivity contribution in [3.05, 3.63) is 24.3 Å². The molecule has 10 heteroatoms. The Balaban J connectivity index is 4.50. The van der Waals surface area contributed by atoms with Crippen molar-refractivity contribution < 1.29 is 35.4 Å². The van der Waals surface area contributed by atoms with Gasteiger partial charge >= 0.3 is 18.1 Å². The van der Waals surface area contributed by atoms with Crippen LogP contribution in [0.4, 0.5) is 0 Å². The van der Waals surface area contributed by atoms with Crippen molar-refractivity contribution in [2.45, 2.75) is 41.5 Å². The number of hydrogen-bond donors (Lipinski definition) is 0. The van der Waals surface area contributed by atoms with Crippen LogP contribution in [0.15, 0.2) is 24.3 Å². The second-order valence-corrected chi connectivity index (χ2v) is 9.39. The summed E-state index contributed by atoms with van der Waals surface area (Å²) in [7, 11) is -6.13. The first kappa shape index (κ1) is 27.6. The van der Waals surface area contributed by atoms with E-state index in [1.54, 1.807) is 0 Å². The summed E-state index contributed by atoms with van der Waals surface area (Å²) in [6.45, 7) is 14.8. The van der Waals surface area contributed by atoms with E-state index < -0.39 is 18.1 Å². The van der Waals surface area contributed by atoms with Crippen LogP contribution in [-0.2, 0) is 35.4 Å².